The standard InChI is InChI=1S/C13H15ClN2O2S2/c1-9(11-6-4-3-5-7-11)8-15-20(17,18)12-10(2)16-13(14)19-12/h3-7,9,15H,8H2,1-2H3. The van der Waals surface area contributed by atoms with Gasteiger partial charge in [0.1, 0.15) is 0 Å². The van der Waals surface area contributed by atoms with Crippen LogP contribution in [0.25, 0.3) is 0 Å². The molecule has 2 aromatic rings. The predicted molar refractivity (Wildman–Crippen MR) is 81.9 cm³/mol. The molecule has 0 fully saturated rings. The van der Waals surface area contributed by atoms with E-state index in [2.05, 4.69) is 9.71 Å². The maximum absolute atomic E-state index is 12.2. The van der Waals surface area contributed by atoms with Crippen LogP contribution in [0.15, 0.2) is 34.5 Å². The Bertz CT molecular complexity index is 684. The molecule has 0 bridgehead atoms. The number of thiazole rings is 1. The number of rotatable bonds is 5. The zero-order valence-corrected chi connectivity index (χ0v) is 13.5. The first kappa shape index (κ1) is 15.4. The van der Waals surface area contributed by atoms with Crippen molar-refractivity contribution < 1.29 is 8.42 Å². The van der Waals surface area contributed by atoms with E-state index in [4.69, 9.17) is 11.6 Å². The van der Waals surface area contributed by atoms with E-state index in [0.29, 0.717) is 12.2 Å². The first-order valence-electron chi connectivity index (χ1n) is 6.07. The van der Waals surface area contributed by atoms with Crippen molar-refractivity contribution in [2.45, 2.75) is 24.0 Å². The summed E-state index contributed by atoms with van der Waals surface area (Å²) >= 11 is 6.72. The Morgan fingerprint density at radius 3 is 2.55 bits per heavy atom. The SMILES string of the molecule is Cc1nc(Cl)sc1S(=O)(=O)NCC(C)c1ccccc1. The largest absolute Gasteiger partial charge is 0.252 e. The monoisotopic (exact) mass is 330 g/mol. The zero-order valence-electron chi connectivity index (χ0n) is 11.1. The molecule has 7 heteroatoms. The first-order valence-corrected chi connectivity index (χ1v) is 8.75. The van der Waals surface area contributed by atoms with Crippen LogP contribution in [0.2, 0.25) is 4.47 Å². The van der Waals surface area contributed by atoms with Gasteiger partial charge in [0.15, 0.2) is 8.68 Å². The lowest BCUT2D eigenvalue weighted by Crippen LogP contribution is -2.27. The van der Waals surface area contributed by atoms with E-state index >= 15 is 0 Å². The number of benzene rings is 1. The van der Waals surface area contributed by atoms with Crippen LogP contribution >= 0.6 is 22.9 Å². The number of hydrogen-bond donors (Lipinski definition) is 1. The normalized spacial score (nSPS) is 13.3. The van der Waals surface area contributed by atoms with Gasteiger partial charge in [-0.25, -0.2) is 18.1 Å². The second-order valence-corrected chi connectivity index (χ2v) is 8.05. The molecule has 0 aliphatic carbocycles. The smallest absolute Gasteiger partial charge is 0.229 e. The number of nitrogens with one attached hydrogen (secondary N) is 1. The molecule has 4 nitrogen and oxygen atoms in total. The average Bonchev–Trinajstić information content (AvgIpc) is 2.77. The molecule has 0 aliphatic rings. The summed E-state index contributed by atoms with van der Waals surface area (Å²) in [7, 11) is -3.55. The fourth-order valence-electron chi connectivity index (χ4n) is 1.80. The molecule has 0 spiro atoms. The first-order chi connectivity index (χ1) is 9.40. The molecule has 1 unspecified atom stereocenters. The molecule has 0 saturated carbocycles. The van der Waals surface area contributed by atoms with Gasteiger partial charge in [0.2, 0.25) is 0 Å². The predicted octanol–water partition coefficient (Wildman–Crippen LogP) is 3.19. The van der Waals surface area contributed by atoms with Crippen molar-refractivity contribution in [3.8, 4) is 0 Å². The van der Waals surface area contributed by atoms with Gasteiger partial charge < -0.3 is 0 Å². The van der Waals surface area contributed by atoms with Gasteiger partial charge >= 0.3 is 0 Å². The van der Waals surface area contributed by atoms with Crippen molar-refractivity contribution in [2.75, 3.05) is 6.54 Å². The summed E-state index contributed by atoms with van der Waals surface area (Å²) in [5.74, 6) is 0.0923. The van der Waals surface area contributed by atoms with Gasteiger partial charge in [-0.1, -0.05) is 60.2 Å². The van der Waals surface area contributed by atoms with E-state index in [1.807, 2.05) is 37.3 Å². The topological polar surface area (TPSA) is 59.1 Å². The molecule has 1 aromatic heterocycles. The van der Waals surface area contributed by atoms with Gasteiger partial charge in [0, 0.05) is 6.54 Å². The molecule has 0 saturated heterocycles. The highest BCUT2D eigenvalue weighted by Gasteiger charge is 2.22. The minimum absolute atomic E-state index is 0.0923. The lowest BCUT2D eigenvalue weighted by atomic mass is 10.0. The van der Waals surface area contributed by atoms with E-state index in [1.54, 1.807) is 6.92 Å². The summed E-state index contributed by atoms with van der Waals surface area (Å²) in [5.41, 5.74) is 1.52. The minimum Gasteiger partial charge on any atom is -0.229 e. The lowest BCUT2D eigenvalue weighted by molar-refractivity contribution is 0.576. The maximum Gasteiger partial charge on any atom is 0.252 e. The second kappa shape index (κ2) is 6.22. The Morgan fingerprint density at radius 1 is 1.35 bits per heavy atom. The Balaban J connectivity index is 2.08. The molecule has 1 heterocycles. The fraction of sp³-hybridized carbons (Fsp3) is 0.308. The number of nitrogens with zero attached hydrogens (tertiary/aromatic N) is 1. The molecule has 1 atom stereocenters. The molecule has 2 rings (SSSR count). The summed E-state index contributed by atoms with van der Waals surface area (Å²) in [4.78, 5) is 3.93. The van der Waals surface area contributed by atoms with Crippen LogP contribution in [0.4, 0.5) is 0 Å². The van der Waals surface area contributed by atoms with Crippen molar-refractivity contribution in [2.24, 2.45) is 0 Å². The van der Waals surface area contributed by atoms with E-state index < -0.39 is 10.0 Å². The van der Waals surface area contributed by atoms with Gasteiger partial charge in [-0.2, -0.15) is 0 Å². The number of aryl methyl sites for hydroxylation is 1. The summed E-state index contributed by atoms with van der Waals surface area (Å²) in [6.45, 7) is 3.95. The van der Waals surface area contributed by atoms with Crippen molar-refractivity contribution in [1.29, 1.82) is 0 Å². The molecule has 0 radical (unpaired) electrons. The van der Waals surface area contributed by atoms with Crippen molar-refractivity contribution in [1.82, 2.24) is 9.71 Å². The van der Waals surface area contributed by atoms with E-state index in [-0.39, 0.29) is 14.6 Å². The van der Waals surface area contributed by atoms with Gasteiger partial charge in [-0.15, -0.1) is 0 Å². The molecule has 0 aliphatic heterocycles. The quantitative estimate of drug-likeness (QED) is 0.916. The summed E-state index contributed by atoms with van der Waals surface area (Å²) in [5, 5.41) is 0. The lowest BCUT2D eigenvalue weighted by Gasteiger charge is -2.12. The molecular weight excluding hydrogens is 316 g/mol. The fourth-order valence-corrected chi connectivity index (χ4v) is 4.71. The minimum atomic E-state index is -3.55. The van der Waals surface area contributed by atoms with Crippen molar-refractivity contribution >= 4 is 33.0 Å². The summed E-state index contributed by atoms with van der Waals surface area (Å²) in [6, 6.07) is 9.77. The van der Waals surface area contributed by atoms with Crippen LogP contribution in [0.3, 0.4) is 0 Å². The van der Waals surface area contributed by atoms with Crippen molar-refractivity contribution in [3.63, 3.8) is 0 Å². The van der Waals surface area contributed by atoms with Crippen LogP contribution in [0.5, 0.6) is 0 Å². The number of sulfonamides is 1. The summed E-state index contributed by atoms with van der Waals surface area (Å²) < 4.78 is 27.4. The van der Waals surface area contributed by atoms with Gasteiger partial charge in [0.05, 0.1) is 5.69 Å². The summed E-state index contributed by atoms with van der Waals surface area (Å²) in [6.07, 6.45) is 0. The molecular formula is C13H15ClN2O2S2. The van der Waals surface area contributed by atoms with Crippen LogP contribution in [-0.2, 0) is 10.0 Å². The molecule has 0 amide bonds. The third kappa shape index (κ3) is 3.58. The highest BCUT2D eigenvalue weighted by molar-refractivity contribution is 7.91. The van der Waals surface area contributed by atoms with Crippen LogP contribution in [0, 0.1) is 6.92 Å². The van der Waals surface area contributed by atoms with E-state index in [0.717, 1.165) is 16.9 Å². The highest BCUT2D eigenvalue weighted by atomic mass is 35.5. The van der Waals surface area contributed by atoms with E-state index in [1.165, 1.54) is 0 Å². The van der Waals surface area contributed by atoms with Gasteiger partial charge in [-0.3, -0.25) is 0 Å². The Labute approximate surface area is 127 Å². The highest BCUT2D eigenvalue weighted by Crippen LogP contribution is 2.26. The van der Waals surface area contributed by atoms with Crippen LogP contribution in [0.1, 0.15) is 24.1 Å². The Morgan fingerprint density at radius 2 is 2.00 bits per heavy atom. The maximum atomic E-state index is 12.2. The zero-order chi connectivity index (χ0) is 14.8. The molecule has 1 N–H and O–H groups in total. The number of hydrogen-bond acceptors (Lipinski definition) is 4. The van der Waals surface area contributed by atoms with Crippen molar-refractivity contribution in [3.05, 3.63) is 46.1 Å². The second-order valence-electron chi connectivity index (χ2n) is 4.50. The van der Waals surface area contributed by atoms with Gasteiger partial charge in [0.25, 0.3) is 10.0 Å². The molecule has 108 valence electrons. The van der Waals surface area contributed by atoms with Gasteiger partial charge in [-0.05, 0) is 18.4 Å². The third-order valence-corrected chi connectivity index (χ3v) is 6.22. The Hall–Kier alpha value is -0.950. The number of halogens is 1. The molecule has 1 aromatic carbocycles. The average molecular weight is 331 g/mol. The number of aromatic nitrogens is 1. The van der Waals surface area contributed by atoms with Crippen LogP contribution < -0.4 is 4.72 Å². The molecule has 20 heavy (non-hydrogen) atoms. The van der Waals surface area contributed by atoms with Crippen LogP contribution in [-0.4, -0.2) is 19.9 Å². The third-order valence-electron chi connectivity index (χ3n) is 2.92. The van der Waals surface area contributed by atoms with E-state index in [9.17, 15) is 8.42 Å². The Kier molecular flexibility index (Phi) is 4.80.